The van der Waals surface area contributed by atoms with Gasteiger partial charge in [0.25, 0.3) is 0 Å². The molecule has 0 spiro atoms. The van der Waals surface area contributed by atoms with E-state index in [9.17, 15) is 0 Å². The molecule has 0 bridgehead atoms. The number of aromatic amines is 2. The first-order valence-electron chi connectivity index (χ1n) is 9.81. The molecule has 0 saturated carbocycles. The maximum absolute atomic E-state index is 4.45. The van der Waals surface area contributed by atoms with Crippen LogP contribution in [0.2, 0.25) is 0 Å². The van der Waals surface area contributed by atoms with Gasteiger partial charge in [-0.1, -0.05) is 42.5 Å². The molecular weight excluding hydrogens is 358 g/mol. The van der Waals surface area contributed by atoms with E-state index in [-0.39, 0.29) is 0 Å². The number of aryl methyl sites for hydroxylation is 1. The number of aromatic nitrogens is 4. The summed E-state index contributed by atoms with van der Waals surface area (Å²) in [6.45, 7) is 3.79. The van der Waals surface area contributed by atoms with Gasteiger partial charge in [-0.25, -0.2) is 9.97 Å². The smallest absolute Gasteiger partial charge is 0.178 e. The van der Waals surface area contributed by atoms with Crippen LogP contribution in [-0.2, 0) is 13.1 Å². The molecule has 3 aromatic heterocycles. The van der Waals surface area contributed by atoms with E-state index in [1.165, 1.54) is 16.5 Å². The molecule has 5 aromatic rings. The third-order valence-corrected chi connectivity index (χ3v) is 5.24. The number of hydrogen-bond acceptors (Lipinski definition) is 3. The molecule has 29 heavy (non-hydrogen) atoms. The molecule has 0 atom stereocenters. The Morgan fingerprint density at radius 2 is 1.72 bits per heavy atom. The van der Waals surface area contributed by atoms with Crippen molar-refractivity contribution >= 4 is 22.1 Å². The van der Waals surface area contributed by atoms with Crippen LogP contribution >= 0.6 is 0 Å². The van der Waals surface area contributed by atoms with Crippen LogP contribution in [0.25, 0.3) is 33.3 Å². The van der Waals surface area contributed by atoms with Crippen LogP contribution in [0.1, 0.15) is 17.0 Å². The summed E-state index contributed by atoms with van der Waals surface area (Å²) in [7, 11) is 2.16. The molecule has 0 radical (unpaired) electrons. The average Bonchev–Trinajstić information content (AvgIpc) is 3.30. The zero-order valence-electron chi connectivity index (χ0n) is 16.6. The van der Waals surface area contributed by atoms with E-state index < -0.39 is 0 Å². The Morgan fingerprint density at radius 3 is 2.59 bits per heavy atom. The minimum atomic E-state index is 0.752. The number of imidazole rings is 1. The van der Waals surface area contributed by atoms with Crippen LogP contribution in [0, 0.1) is 6.92 Å². The Kier molecular flexibility index (Phi) is 4.37. The van der Waals surface area contributed by atoms with E-state index in [0.717, 1.165) is 46.9 Å². The first kappa shape index (κ1) is 17.6. The highest BCUT2D eigenvalue weighted by molar-refractivity contribution is 5.94. The summed E-state index contributed by atoms with van der Waals surface area (Å²) in [5, 5.41) is 1.20. The summed E-state index contributed by atoms with van der Waals surface area (Å²) < 4.78 is 0. The highest BCUT2D eigenvalue weighted by Crippen LogP contribution is 2.29. The third kappa shape index (κ3) is 3.52. The minimum Gasteiger partial charge on any atom is -0.354 e. The summed E-state index contributed by atoms with van der Waals surface area (Å²) >= 11 is 0. The van der Waals surface area contributed by atoms with Gasteiger partial charge in [0.15, 0.2) is 5.65 Å². The number of nitrogens with zero attached hydrogens (tertiary/aromatic N) is 3. The Bertz CT molecular complexity index is 1280. The summed E-state index contributed by atoms with van der Waals surface area (Å²) in [6, 6.07) is 21.4. The second-order valence-corrected chi connectivity index (χ2v) is 7.64. The third-order valence-electron chi connectivity index (χ3n) is 5.24. The molecular formula is C24H23N5. The van der Waals surface area contributed by atoms with Crippen LogP contribution in [0.4, 0.5) is 0 Å². The molecule has 5 nitrogen and oxygen atoms in total. The van der Waals surface area contributed by atoms with Crippen molar-refractivity contribution in [2.75, 3.05) is 7.05 Å². The van der Waals surface area contributed by atoms with Crippen molar-refractivity contribution in [2.24, 2.45) is 0 Å². The van der Waals surface area contributed by atoms with Crippen LogP contribution < -0.4 is 0 Å². The van der Waals surface area contributed by atoms with Gasteiger partial charge in [0.05, 0.1) is 5.52 Å². The number of benzene rings is 2. The predicted octanol–water partition coefficient (Wildman–Crippen LogP) is 5.05. The van der Waals surface area contributed by atoms with Crippen molar-refractivity contribution in [2.45, 2.75) is 20.0 Å². The van der Waals surface area contributed by atoms with Gasteiger partial charge in [-0.2, -0.15) is 0 Å². The zero-order chi connectivity index (χ0) is 19.8. The molecule has 3 heterocycles. The number of pyridine rings is 1. The molecule has 0 fully saturated rings. The van der Waals surface area contributed by atoms with Crippen LogP contribution in [0.5, 0.6) is 0 Å². The van der Waals surface area contributed by atoms with Gasteiger partial charge in [-0.05, 0) is 43.3 Å². The zero-order valence-corrected chi connectivity index (χ0v) is 16.6. The van der Waals surface area contributed by atoms with Crippen molar-refractivity contribution in [3.8, 4) is 11.3 Å². The van der Waals surface area contributed by atoms with Crippen LogP contribution in [0.3, 0.4) is 0 Å². The van der Waals surface area contributed by atoms with E-state index in [1.54, 1.807) is 0 Å². The van der Waals surface area contributed by atoms with Crippen molar-refractivity contribution in [1.29, 1.82) is 0 Å². The lowest BCUT2D eigenvalue weighted by atomic mass is 10.1. The molecule has 0 unspecified atom stereocenters. The Hall–Kier alpha value is -3.44. The fourth-order valence-corrected chi connectivity index (χ4v) is 3.93. The Labute approximate surface area is 169 Å². The van der Waals surface area contributed by atoms with Crippen molar-refractivity contribution in [3.05, 3.63) is 83.8 Å². The van der Waals surface area contributed by atoms with E-state index >= 15 is 0 Å². The van der Waals surface area contributed by atoms with Crippen LogP contribution in [-0.4, -0.2) is 31.9 Å². The molecule has 0 aliphatic rings. The maximum Gasteiger partial charge on any atom is 0.178 e. The summed E-state index contributed by atoms with van der Waals surface area (Å²) in [6.07, 6.45) is 1.81. The normalized spacial score (nSPS) is 11.7. The molecule has 0 aliphatic carbocycles. The topological polar surface area (TPSA) is 60.6 Å². The lowest BCUT2D eigenvalue weighted by Gasteiger charge is -2.16. The summed E-state index contributed by atoms with van der Waals surface area (Å²) in [4.78, 5) is 18.1. The summed E-state index contributed by atoms with van der Waals surface area (Å²) in [5.41, 5.74) is 7.66. The number of rotatable bonds is 5. The minimum absolute atomic E-state index is 0.752. The first-order valence-corrected chi connectivity index (χ1v) is 9.81. The van der Waals surface area contributed by atoms with E-state index in [1.807, 2.05) is 19.2 Å². The first-order chi connectivity index (χ1) is 14.2. The monoisotopic (exact) mass is 381 g/mol. The van der Waals surface area contributed by atoms with Gasteiger partial charge >= 0.3 is 0 Å². The quantitative estimate of drug-likeness (QED) is 0.448. The maximum atomic E-state index is 4.45. The molecule has 5 rings (SSSR count). The number of hydrogen-bond donors (Lipinski definition) is 2. The second kappa shape index (κ2) is 7.18. The highest BCUT2D eigenvalue weighted by Gasteiger charge is 2.11. The van der Waals surface area contributed by atoms with Gasteiger partial charge in [-0.3, -0.25) is 4.90 Å². The molecule has 2 N–H and O–H groups in total. The lowest BCUT2D eigenvalue weighted by Crippen LogP contribution is -2.17. The van der Waals surface area contributed by atoms with Crippen LogP contribution in [0.15, 0.2) is 66.9 Å². The Morgan fingerprint density at radius 1 is 0.897 bits per heavy atom. The summed E-state index contributed by atoms with van der Waals surface area (Å²) in [5.74, 6) is 0.875. The fraction of sp³-hybridized carbons (Fsp3) is 0.167. The van der Waals surface area contributed by atoms with Gasteiger partial charge in [0.1, 0.15) is 5.82 Å². The van der Waals surface area contributed by atoms with Crippen molar-refractivity contribution in [1.82, 2.24) is 24.8 Å². The number of nitrogens with one attached hydrogen (secondary N) is 2. The van der Waals surface area contributed by atoms with Gasteiger partial charge in [0.2, 0.25) is 0 Å². The molecule has 0 amide bonds. The van der Waals surface area contributed by atoms with Gasteiger partial charge < -0.3 is 9.97 Å². The number of H-pyrrole nitrogens is 2. The van der Waals surface area contributed by atoms with Crippen molar-refractivity contribution < 1.29 is 0 Å². The number of fused-ring (bicyclic) bond motifs is 2. The lowest BCUT2D eigenvalue weighted by molar-refractivity contribution is 0.319. The molecule has 144 valence electrons. The van der Waals surface area contributed by atoms with Gasteiger partial charge in [0, 0.05) is 41.4 Å². The largest absolute Gasteiger partial charge is 0.354 e. The molecule has 0 aliphatic heterocycles. The highest BCUT2D eigenvalue weighted by atomic mass is 15.1. The Balaban J connectivity index is 1.43. The average molecular weight is 381 g/mol. The van der Waals surface area contributed by atoms with E-state index in [4.69, 9.17) is 0 Å². The SMILES string of the molecule is Cc1nc2nccc(-c3cc4ccc(CN(C)Cc5ccccc5)cc4[nH]3)c2[nH]1. The van der Waals surface area contributed by atoms with Gasteiger partial charge in [-0.15, -0.1) is 0 Å². The molecule has 2 aromatic carbocycles. The predicted molar refractivity (Wildman–Crippen MR) is 118 cm³/mol. The second-order valence-electron chi connectivity index (χ2n) is 7.64. The molecule has 0 saturated heterocycles. The van der Waals surface area contributed by atoms with E-state index in [2.05, 4.69) is 86.5 Å². The fourth-order valence-electron chi connectivity index (χ4n) is 3.93. The van der Waals surface area contributed by atoms with E-state index in [0.29, 0.717) is 0 Å². The van der Waals surface area contributed by atoms with Crippen molar-refractivity contribution in [3.63, 3.8) is 0 Å². The standard InChI is InChI=1S/C24H23N5/c1-16-26-23-20(10-11-25-24(23)27-16)22-13-19-9-8-18(12-21(19)28-22)15-29(2)14-17-6-4-3-5-7-17/h3-13,28H,14-15H2,1-2H3,(H,25,26,27). The molecule has 5 heteroatoms.